The monoisotopic (exact) mass is 1200 g/mol. The molecule has 2 heterocycles. The molecule has 0 bridgehead atoms. The number of rotatable bonds is 60. The number of carbonyl (C=O) groups is 1. The number of esters is 1. The van der Waals surface area contributed by atoms with Gasteiger partial charge in [0.25, 0.3) is 0 Å². The van der Waals surface area contributed by atoms with Gasteiger partial charge in [-0.1, -0.05) is 289 Å². The zero-order valence-corrected chi connectivity index (χ0v) is 53.9. The molecule has 2 fully saturated rings. The molecule has 84 heavy (non-hydrogen) atoms. The van der Waals surface area contributed by atoms with Crippen molar-refractivity contribution in [2.24, 2.45) is 0 Å². The summed E-state index contributed by atoms with van der Waals surface area (Å²) >= 11 is 0. The Labute approximate surface area is 513 Å². The van der Waals surface area contributed by atoms with Gasteiger partial charge in [0.15, 0.2) is 12.6 Å². The maximum absolute atomic E-state index is 13.2. The fourth-order valence-electron chi connectivity index (χ4n) is 11.6. The quantitative estimate of drug-likeness (QED) is 0.0171. The van der Waals surface area contributed by atoms with Gasteiger partial charge in [0.05, 0.1) is 26.4 Å². The van der Waals surface area contributed by atoms with Crippen molar-refractivity contribution in [1.82, 2.24) is 0 Å². The van der Waals surface area contributed by atoms with Crippen molar-refractivity contribution in [3.63, 3.8) is 0 Å². The van der Waals surface area contributed by atoms with Crippen molar-refractivity contribution in [2.45, 2.75) is 383 Å². The average Bonchev–Trinajstić information content (AvgIpc) is 3.67. The Bertz CT molecular complexity index is 1480. The number of carbonyl (C=O) groups excluding carboxylic acids is 1. The first-order valence-electron chi connectivity index (χ1n) is 35.4. The minimum atomic E-state index is -1.71. The van der Waals surface area contributed by atoms with Crippen LogP contribution in [0, 0.1) is 0 Å². The maximum Gasteiger partial charge on any atom is 0.306 e. The number of aliphatic hydroxyl groups excluding tert-OH is 7. The summed E-state index contributed by atoms with van der Waals surface area (Å²) in [6.07, 6.45) is 52.6. The normalized spacial score (nSPS) is 23.3. The zero-order valence-electron chi connectivity index (χ0n) is 53.9. The Balaban J connectivity index is 1.63. The molecule has 11 atom stereocenters. The molecule has 0 aromatic rings. The first kappa shape index (κ1) is 78.6. The predicted octanol–water partition coefficient (Wildman–Crippen LogP) is 15.0. The highest BCUT2D eigenvalue weighted by Gasteiger charge is 2.47. The summed E-state index contributed by atoms with van der Waals surface area (Å²) in [4.78, 5) is 13.2. The lowest BCUT2D eigenvalue weighted by molar-refractivity contribution is -0.332. The van der Waals surface area contributed by atoms with Crippen LogP contribution >= 0.6 is 0 Å². The lowest BCUT2D eigenvalue weighted by atomic mass is 9.98. The summed E-state index contributed by atoms with van der Waals surface area (Å²) in [5.41, 5.74) is 0. The number of hydrogen-bond donors (Lipinski definition) is 7. The summed E-state index contributed by atoms with van der Waals surface area (Å²) in [7, 11) is 0. The van der Waals surface area contributed by atoms with Gasteiger partial charge in [-0.05, 0) is 44.9 Å². The van der Waals surface area contributed by atoms with E-state index in [2.05, 4.69) is 38.2 Å². The number of ether oxygens (including phenoxy) is 6. The first-order valence-corrected chi connectivity index (χ1v) is 35.4. The third-order valence-corrected chi connectivity index (χ3v) is 17.2. The lowest BCUT2D eigenvalue weighted by Gasteiger charge is -2.42. The molecule has 0 aliphatic carbocycles. The van der Waals surface area contributed by atoms with E-state index in [4.69, 9.17) is 28.4 Å². The molecule has 2 aliphatic heterocycles. The molecular formula is C70H132O14. The van der Waals surface area contributed by atoms with E-state index in [1.807, 2.05) is 0 Å². The summed E-state index contributed by atoms with van der Waals surface area (Å²) in [6, 6.07) is 0. The molecule has 0 radical (unpaired) electrons. The summed E-state index contributed by atoms with van der Waals surface area (Å²) in [6.45, 7) is 3.76. The van der Waals surface area contributed by atoms with E-state index in [0.29, 0.717) is 13.0 Å². The number of aliphatic hydroxyl groups is 7. The van der Waals surface area contributed by atoms with Crippen LogP contribution in [0.4, 0.5) is 0 Å². The highest BCUT2D eigenvalue weighted by molar-refractivity contribution is 5.69. The number of allylic oxidation sites excluding steroid dienone is 4. The van der Waals surface area contributed by atoms with Crippen molar-refractivity contribution in [3.8, 4) is 0 Å². The van der Waals surface area contributed by atoms with E-state index in [1.54, 1.807) is 0 Å². The highest BCUT2D eigenvalue weighted by atomic mass is 16.7. The molecule has 2 rings (SSSR count). The summed E-state index contributed by atoms with van der Waals surface area (Å²) in [5.74, 6) is -0.369. The van der Waals surface area contributed by atoms with Crippen LogP contribution in [0.2, 0.25) is 0 Å². The van der Waals surface area contributed by atoms with Gasteiger partial charge in [0.1, 0.15) is 54.9 Å². The standard InChI is InChI=1S/C70H132O14/c1-3-5-7-9-11-13-15-17-19-21-23-25-27-29-31-33-35-37-39-41-43-45-47-49-51-53-62(72)82-59(57-80-69-68(78)66(76)64(74)61(84-69)58-81-70-67(77)65(75)63(73)60(55-71)83-70)56-79-54-52-50-48-46-44-42-40-38-36-34-32-30-28-26-24-22-20-18-16-14-12-10-8-6-4-2/h15,17,21,23,59-61,63-71,73-78H,3-14,16,18-20,22,24-58H2,1-2H3/b17-15-,23-21-. The summed E-state index contributed by atoms with van der Waals surface area (Å²) in [5, 5.41) is 72.6. The van der Waals surface area contributed by atoms with E-state index < -0.39 is 80.7 Å². The van der Waals surface area contributed by atoms with Crippen LogP contribution in [-0.4, -0.2) is 142 Å². The topological polar surface area (TPSA) is 214 Å². The van der Waals surface area contributed by atoms with Crippen LogP contribution in [-0.2, 0) is 33.2 Å². The molecule has 0 spiro atoms. The second kappa shape index (κ2) is 56.7. The first-order chi connectivity index (χ1) is 41.1. The van der Waals surface area contributed by atoms with E-state index in [1.165, 1.54) is 244 Å². The van der Waals surface area contributed by atoms with Gasteiger partial charge in [-0.15, -0.1) is 0 Å². The highest BCUT2D eigenvalue weighted by Crippen LogP contribution is 2.27. The molecule has 0 aromatic carbocycles. The Morgan fingerprint density at radius 3 is 1.14 bits per heavy atom. The van der Waals surface area contributed by atoms with Gasteiger partial charge >= 0.3 is 5.97 Å². The number of unbranched alkanes of at least 4 members (excludes halogenated alkanes) is 42. The third kappa shape index (κ3) is 41.6. The van der Waals surface area contributed by atoms with Crippen LogP contribution in [0.25, 0.3) is 0 Å². The van der Waals surface area contributed by atoms with Crippen molar-refractivity contribution >= 4 is 5.97 Å². The molecule has 0 saturated carbocycles. The van der Waals surface area contributed by atoms with E-state index in [0.717, 1.165) is 44.9 Å². The summed E-state index contributed by atoms with van der Waals surface area (Å²) < 4.78 is 34.6. The molecule has 11 unspecified atom stereocenters. The molecule has 7 N–H and O–H groups in total. The number of hydrogen-bond acceptors (Lipinski definition) is 14. The van der Waals surface area contributed by atoms with Crippen LogP contribution in [0.1, 0.15) is 316 Å². The Morgan fingerprint density at radius 1 is 0.393 bits per heavy atom. The largest absolute Gasteiger partial charge is 0.457 e. The lowest BCUT2D eigenvalue weighted by Crippen LogP contribution is -2.61. The van der Waals surface area contributed by atoms with Gasteiger partial charge in [-0.25, -0.2) is 0 Å². The van der Waals surface area contributed by atoms with Gasteiger partial charge in [0, 0.05) is 13.0 Å². The van der Waals surface area contributed by atoms with E-state index >= 15 is 0 Å². The van der Waals surface area contributed by atoms with E-state index in [-0.39, 0.29) is 25.6 Å². The fourth-order valence-corrected chi connectivity index (χ4v) is 11.6. The smallest absolute Gasteiger partial charge is 0.306 e. The van der Waals surface area contributed by atoms with Crippen LogP contribution in [0.5, 0.6) is 0 Å². The van der Waals surface area contributed by atoms with Crippen LogP contribution < -0.4 is 0 Å². The Kier molecular flexibility index (Phi) is 53.0. The fraction of sp³-hybridized carbons (Fsp3) is 0.929. The average molecular weight is 1200 g/mol. The third-order valence-electron chi connectivity index (χ3n) is 17.2. The van der Waals surface area contributed by atoms with Crippen molar-refractivity contribution < 1.29 is 69.0 Å². The molecule has 0 aromatic heterocycles. The Hall–Kier alpha value is -1.53. The van der Waals surface area contributed by atoms with Crippen LogP contribution in [0.15, 0.2) is 24.3 Å². The van der Waals surface area contributed by atoms with Crippen LogP contribution in [0.3, 0.4) is 0 Å². The minimum Gasteiger partial charge on any atom is -0.457 e. The zero-order chi connectivity index (χ0) is 60.8. The predicted molar refractivity (Wildman–Crippen MR) is 340 cm³/mol. The molecule has 14 heteroatoms. The second-order valence-corrected chi connectivity index (χ2v) is 25.1. The molecule has 2 saturated heterocycles. The SMILES string of the molecule is CCCCCCC/C=C\C/C=C\CCCCCCCCCCCCCCCC(=O)OC(COCCCCCCCCCCCCCCCCCCCCCCCCCCC)COC1OC(COC2OC(CO)C(O)C(O)C2O)C(O)C(O)C1O. The molecular weight excluding hydrogens is 1060 g/mol. The van der Waals surface area contributed by atoms with Gasteiger partial charge in [0.2, 0.25) is 0 Å². The van der Waals surface area contributed by atoms with Crippen molar-refractivity contribution in [1.29, 1.82) is 0 Å². The molecule has 14 nitrogen and oxygen atoms in total. The van der Waals surface area contributed by atoms with E-state index in [9.17, 15) is 40.5 Å². The van der Waals surface area contributed by atoms with Gasteiger partial charge in [-0.2, -0.15) is 0 Å². The second-order valence-electron chi connectivity index (χ2n) is 25.1. The van der Waals surface area contributed by atoms with Crippen molar-refractivity contribution in [3.05, 3.63) is 24.3 Å². The molecule has 0 amide bonds. The maximum atomic E-state index is 13.2. The Morgan fingerprint density at radius 2 is 0.738 bits per heavy atom. The molecule has 496 valence electrons. The minimum absolute atomic E-state index is 0.0675. The molecule has 2 aliphatic rings. The van der Waals surface area contributed by atoms with Crippen molar-refractivity contribution in [2.75, 3.05) is 33.0 Å². The van der Waals surface area contributed by atoms with Gasteiger partial charge < -0.3 is 64.2 Å². The van der Waals surface area contributed by atoms with Gasteiger partial charge in [-0.3, -0.25) is 4.79 Å².